The van der Waals surface area contributed by atoms with Gasteiger partial charge in [-0.05, 0) is 47.7 Å². The number of anilines is 1. The van der Waals surface area contributed by atoms with Gasteiger partial charge in [-0.1, -0.05) is 12.1 Å². The Morgan fingerprint density at radius 3 is 2.75 bits per heavy atom. The minimum absolute atomic E-state index is 0.150. The first-order valence-electron chi connectivity index (χ1n) is 8.78. The highest BCUT2D eigenvalue weighted by Crippen LogP contribution is 2.36. The summed E-state index contributed by atoms with van der Waals surface area (Å²) in [6.45, 7) is 0.0368. The molecule has 3 aromatic rings. The normalized spacial score (nSPS) is 11.8. The predicted molar refractivity (Wildman–Crippen MR) is 105 cm³/mol. The van der Waals surface area contributed by atoms with E-state index in [1.165, 1.54) is 12.1 Å². The summed E-state index contributed by atoms with van der Waals surface area (Å²) in [5.41, 5.74) is 1.22. The van der Waals surface area contributed by atoms with Crippen molar-refractivity contribution in [2.24, 2.45) is 0 Å². The van der Waals surface area contributed by atoms with Crippen LogP contribution in [0.25, 0.3) is 21.9 Å². The van der Waals surface area contributed by atoms with Crippen molar-refractivity contribution >= 4 is 16.6 Å². The van der Waals surface area contributed by atoms with E-state index in [1.807, 2.05) is 6.07 Å². The van der Waals surface area contributed by atoms with Crippen LogP contribution in [0.1, 0.15) is 12.1 Å². The minimum atomic E-state index is -0.833. The molecule has 0 bridgehead atoms. The third-order valence-corrected chi connectivity index (χ3v) is 4.41. The van der Waals surface area contributed by atoms with E-state index in [1.54, 1.807) is 31.4 Å². The molecule has 3 N–H and O–H groups in total. The number of pyridine rings is 1. The summed E-state index contributed by atoms with van der Waals surface area (Å²) in [7, 11) is 1.55. The smallest absolute Gasteiger partial charge is 0.151 e. The molecule has 0 aliphatic rings. The molecule has 28 heavy (non-hydrogen) atoms. The number of nitrogens with one attached hydrogen (secondary N) is 1. The van der Waals surface area contributed by atoms with Crippen molar-refractivity contribution in [3.05, 3.63) is 54.0 Å². The molecular weight excluding hydrogens is 361 g/mol. The Morgan fingerprint density at radius 2 is 2.07 bits per heavy atom. The van der Waals surface area contributed by atoms with E-state index in [2.05, 4.69) is 16.4 Å². The van der Waals surface area contributed by atoms with Gasteiger partial charge in [0, 0.05) is 17.5 Å². The summed E-state index contributed by atoms with van der Waals surface area (Å²) in [5, 5.41) is 32.7. The molecule has 0 amide bonds. The zero-order chi connectivity index (χ0) is 20.1. The monoisotopic (exact) mass is 381 g/mol. The van der Waals surface area contributed by atoms with Gasteiger partial charge in [0.25, 0.3) is 0 Å². The molecule has 1 aromatic heterocycles. The molecule has 1 heterocycles. The van der Waals surface area contributed by atoms with Crippen LogP contribution in [0.4, 0.5) is 10.2 Å². The molecule has 1 unspecified atom stereocenters. The number of nitriles is 1. The number of methoxy groups -OCH3 is 1. The van der Waals surface area contributed by atoms with E-state index in [9.17, 15) is 14.8 Å². The molecule has 0 radical (unpaired) electrons. The van der Waals surface area contributed by atoms with Gasteiger partial charge in [-0.25, -0.2) is 9.37 Å². The third kappa shape index (κ3) is 4.03. The number of aliphatic hydroxyl groups is 2. The second kappa shape index (κ2) is 8.65. The highest BCUT2D eigenvalue weighted by atomic mass is 19.1. The van der Waals surface area contributed by atoms with Crippen molar-refractivity contribution in [2.45, 2.75) is 12.5 Å². The average molecular weight is 381 g/mol. The van der Waals surface area contributed by atoms with Crippen LogP contribution in [-0.4, -0.2) is 41.6 Å². The number of aromatic nitrogens is 1. The standard InChI is InChI=1S/C21H20FN3O3/c1-28-16-5-6-17-18(10-16)20(13-3-2-4-14(22)9-13)19(11-23)25-21(17)24-8-7-15(27)12-26/h2-6,9-10,15,26-27H,7-8,12H2,1H3,(H,24,25). The Labute approximate surface area is 161 Å². The lowest BCUT2D eigenvalue weighted by Crippen LogP contribution is -2.17. The van der Waals surface area contributed by atoms with E-state index >= 15 is 0 Å². The number of fused-ring (bicyclic) bond motifs is 1. The van der Waals surface area contributed by atoms with Crippen molar-refractivity contribution in [2.75, 3.05) is 25.6 Å². The third-order valence-electron chi connectivity index (χ3n) is 4.41. The van der Waals surface area contributed by atoms with E-state index < -0.39 is 11.9 Å². The van der Waals surface area contributed by atoms with Gasteiger partial charge < -0.3 is 20.3 Å². The van der Waals surface area contributed by atoms with Crippen molar-refractivity contribution in [3.63, 3.8) is 0 Å². The fourth-order valence-corrected chi connectivity index (χ4v) is 3.02. The first kappa shape index (κ1) is 19.5. The molecule has 0 spiro atoms. The Morgan fingerprint density at radius 1 is 1.25 bits per heavy atom. The van der Waals surface area contributed by atoms with Crippen LogP contribution in [0.5, 0.6) is 5.75 Å². The van der Waals surface area contributed by atoms with Crippen LogP contribution >= 0.6 is 0 Å². The van der Waals surface area contributed by atoms with Crippen molar-refractivity contribution in [1.29, 1.82) is 5.26 Å². The lowest BCUT2D eigenvalue weighted by atomic mass is 9.96. The van der Waals surface area contributed by atoms with Crippen LogP contribution in [0, 0.1) is 17.1 Å². The molecule has 0 saturated carbocycles. The van der Waals surface area contributed by atoms with Crippen molar-refractivity contribution < 1.29 is 19.3 Å². The number of hydrogen-bond acceptors (Lipinski definition) is 6. The van der Waals surface area contributed by atoms with Crippen LogP contribution in [0.2, 0.25) is 0 Å². The highest BCUT2D eigenvalue weighted by molar-refractivity contribution is 6.04. The topological polar surface area (TPSA) is 98.4 Å². The van der Waals surface area contributed by atoms with Crippen LogP contribution in [0.15, 0.2) is 42.5 Å². The SMILES string of the molecule is COc1ccc2c(NCCC(O)CO)nc(C#N)c(-c3cccc(F)c3)c2c1. The Balaban J connectivity index is 2.17. The fraction of sp³-hybridized carbons (Fsp3) is 0.238. The largest absolute Gasteiger partial charge is 0.497 e. The molecule has 1 atom stereocenters. The number of rotatable bonds is 7. The Kier molecular flexibility index (Phi) is 6.04. The second-order valence-electron chi connectivity index (χ2n) is 6.27. The molecule has 6 nitrogen and oxygen atoms in total. The van der Waals surface area contributed by atoms with Gasteiger partial charge in [0.05, 0.1) is 19.8 Å². The second-order valence-corrected chi connectivity index (χ2v) is 6.27. The van der Waals surface area contributed by atoms with Crippen molar-refractivity contribution in [1.82, 2.24) is 4.98 Å². The lowest BCUT2D eigenvalue weighted by molar-refractivity contribution is 0.0911. The molecule has 0 aliphatic heterocycles. The summed E-state index contributed by atoms with van der Waals surface area (Å²) in [5.74, 6) is 0.666. The maximum Gasteiger partial charge on any atom is 0.151 e. The van der Waals surface area contributed by atoms with Gasteiger partial charge in [-0.2, -0.15) is 5.26 Å². The van der Waals surface area contributed by atoms with E-state index in [0.717, 1.165) is 5.39 Å². The first-order valence-corrected chi connectivity index (χ1v) is 8.78. The van der Waals surface area contributed by atoms with Gasteiger partial charge in [0.15, 0.2) is 5.69 Å². The highest BCUT2D eigenvalue weighted by Gasteiger charge is 2.17. The average Bonchev–Trinajstić information content (AvgIpc) is 2.72. The predicted octanol–water partition coefficient (Wildman–Crippen LogP) is 3.08. The number of aliphatic hydroxyl groups excluding tert-OH is 2. The van der Waals surface area contributed by atoms with Crippen LogP contribution in [0.3, 0.4) is 0 Å². The van der Waals surface area contributed by atoms with Gasteiger partial charge in [0.1, 0.15) is 23.5 Å². The van der Waals surface area contributed by atoms with Gasteiger partial charge in [-0.15, -0.1) is 0 Å². The van der Waals surface area contributed by atoms with E-state index in [0.29, 0.717) is 41.0 Å². The maximum atomic E-state index is 13.8. The molecule has 0 aliphatic carbocycles. The van der Waals surface area contributed by atoms with Crippen molar-refractivity contribution in [3.8, 4) is 22.9 Å². The zero-order valence-corrected chi connectivity index (χ0v) is 15.3. The summed E-state index contributed by atoms with van der Waals surface area (Å²) in [6.07, 6.45) is -0.510. The first-order chi connectivity index (χ1) is 13.6. The molecule has 0 fully saturated rings. The Bertz CT molecular complexity index is 1030. The number of nitrogens with zero attached hydrogens (tertiary/aromatic N) is 2. The number of halogens is 1. The molecule has 0 saturated heterocycles. The van der Waals surface area contributed by atoms with Crippen LogP contribution < -0.4 is 10.1 Å². The van der Waals surface area contributed by atoms with Gasteiger partial charge in [0.2, 0.25) is 0 Å². The minimum Gasteiger partial charge on any atom is -0.497 e. The summed E-state index contributed by atoms with van der Waals surface area (Å²) in [4.78, 5) is 4.42. The van der Waals surface area contributed by atoms with Gasteiger partial charge >= 0.3 is 0 Å². The molecule has 3 rings (SSSR count). The molecule has 7 heteroatoms. The number of benzene rings is 2. The molecule has 2 aromatic carbocycles. The maximum absolute atomic E-state index is 13.8. The number of hydrogen-bond donors (Lipinski definition) is 3. The van der Waals surface area contributed by atoms with E-state index in [4.69, 9.17) is 9.84 Å². The van der Waals surface area contributed by atoms with Gasteiger partial charge in [-0.3, -0.25) is 0 Å². The van der Waals surface area contributed by atoms with E-state index in [-0.39, 0.29) is 12.3 Å². The molecule has 144 valence electrons. The quantitative estimate of drug-likeness (QED) is 0.582. The number of ether oxygens (including phenoxy) is 1. The summed E-state index contributed by atoms with van der Waals surface area (Å²) < 4.78 is 19.1. The zero-order valence-electron chi connectivity index (χ0n) is 15.3. The fourth-order valence-electron chi connectivity index (χ4n) is 3.02. The Hall–Kier alpha value is -3.21. The lowest BCUT2D eigenvalue weighted by Gasteiger charge is -2.16. The van der Waals surface area contributed by atoms with Crippen LogP contribution in [-0.2, 0) is 0 Å². The molecular formula is C21H20FN3O3. The summed E-state index contributed by atoms with van der Waals surface area (Å²) in [6, 6.07) is 13.5. The summed E-state index contributed by atoms with van der Waals surface area (Å²) >= 11 is 0.